The molecule has 0 spiro atoms. The maximum atomic E-state index is 12.0. The fourth-order valence-electron chi connectivity index (χ4n) is 2.55. The van der Waals surface area contributed by atoms with Gasteiger partial charge in [0.1, 0.15) is 5.01 Å². The van der Waals surface area contributed by atoms with Crippen molar-refractivity contribution in [3.63, 3.8) is 0 Å². The third kappa shape index (κ3) is 4.29. The molecule has 1 aliphatic rings. The van der Waals surface area contributed by atoms with Crippen molar-refractivity contribution in [2.45, 2.75) is 32.2 Å². The van der Waals surface area contributed by atoms with E-state index in [9.17, 15) is 4.79 Å². The Morgan fingerprint density at radius 3 is 2.77 bits per heavy atom. The molecule has 1 aromatic carbocycles. The van der Waals surface area contributed by atoms with E-state index in [0.29, 0.717) is 12.5 Å². The van der Waals surface area contributed by atoms with Gasteiger partial charge >= 0.3 is 0 Å². The molecule has 1 atom stereocenters. The molecular formula is C16H20ClN3OS. The fraction of sp³-hybridized carbons (Fsp3) is 0.375. The van der Waals surface area contributed by atoms with Crippen molar-refractivity contribution in [3.05, 3.63) is 35.3 Å². The van der Waals surface area contributed by atoms with Crippen molar-refractivity contribution in [1.82, 2.24) is 10.3 Å². The molecule has 1 unspecified atom stereocenters. The van der Waals surface area contributed by atoms with Gasteiger partial charge in [0.2, 0.25) is 5.91 Å². The second-order valence-corrected chi connectivity index (χ2v) is 6.28. The Kier molecular flexibility index (Phi) is 5.94. The van der Waals surface area contributed by atoms with E-state index in [4.69, 9.17) is 0 Å². The molecule has 22 heavy (non-hydrogen) atoms. The summed E-state index contributed by atoms with van der Waals surface area (Å²) in [6.45, 7) is 3.02. The fourth-order valence-corrected chi connectivity index (χ4v) is 3.35. The zero-order chi connectivity index (χ0) is 14.7. The van der Waals surface area contributed by atoms with E-state index < -0.39 is 0 Å². The number of aryl methyl sites for hydroxylation is 1. The summed E-state index contributed by atoms with van der Waals surface area (Å²) in [7, 11) is 0. The minimum absolute atomic E-state index is 0. The minimum atomic E-state index is 0. The Labute approximate surface area is 140 Å². The van der Waals surface area contributed by atoms with Gasteiger partial charge in [0.25, 0.3) is 0 Å². The van der Waals surface area contributed by atoms with Crippen LogP contribution in [0.3, 0.4) is 0 Å². The third-order valence-electron chi connectivity index (χ3n) is 3.63. The lowest BCUT2D eigenvalue weighted by molar-refractivity contribution is -0.116. The maximum absolute atomic E-state index is 12.0. The number of hydrogen-bond acceptors (Lipinski definition) is 4. The van der Waals surface area contributed by atoms with Crippen LogP contribution in [0.25, 0.3) is 10.6 Å². The summed E-state index contributed by atoms with van der Waals surface area (Å²) >= 11 is 1.64. The molecule has 1 amide bonds. The molecule has 0 saturated carbocycles. The van der Waals surface area contributed by atoms with Gasteiger partial charge in [-0.05, 0) is 50.6 Å². The molecule has 2 aromatic rings. The van der Waals surface area contributed by atoms with Crippen LogP contribution in [0.4, 0.5) is 5.69 Å². The van der Waals surface area contributed by atoms with Gasteiger partial charge in [-0.15, -0.1) is 23.7 Å². The van der Waals surface area contributed by atoms with Crippen molar-refractivity contribution in [2.24, 2.45) is 0 Å². The second-order valence-electron chi connectivity index (χ2n) is 5.42. The van der Waals surface area contributed by atoms with Gasteiger partial charge in [0.15, 0.2) is 0 Å². The molecule has 1 fully saturated rings. The number of aromatic nitrogens is 1. The van der Waals surface area contributed by atoms with Gasteiger partial charge in [0, 0.05) is 34.8 Å². The minimum Gasteiger partial charge on any atom is -0.326 e. The lowest BCUT2D eigenvalue weighted by atomic mass is 10.1. The number of nitrogens with zero attached hydrogens (tertiary/aromatic N) is 1. The van der Waals surface area contributed by atoms with Gasteiger partial charge in [0.05, 0.1) is 0 Å². The zero-order valence-electron chi connectivity index (χ0n) is 12.5. The highest BCUT2D eigenvalue weighted by molar-refractivity contribution is 7.13. The van der Waals surface area contributed by atoms with Crippen LogP contribution in [-0.2, 0) is 4.79 Å². The molecule has 4 nitrogen and oxygen atoms in total. The summed E-state index contributed by atoms with van der Waals surface area (Å²) in [5, 5.41) is 9.35. The Bertz CT molecular complexity index is 621. The van der Waals surface area contributed by atoms with E-state index in [1.165, 1.54) is 6.42 Å². The SMILES string of the molecule is Cc1csc(-c2ccc(NC(=O)CC3CCCN3)cc2)n1.Cl. The first-order chi connectivity index (χ1) is 10.2. The lowest BCUT2D eigenvalue weighted by Gasteiger charge is -2.10. The highest BCUT2D eigenvalue weighted by atomic mass is 35.5. The lowest BCUT2D eigenvalue weighted by Crippen LogP contribution is -2.27. The second kappa shape index (κ2) is 7.72. The summed E-state index contributed by atoms with van der Waals surface area (Å²) in [6, 6.07) is 8.21. The molecule has 2 N–H and O–H groups in total. The molecule has 0 radical (unpaired) electrons. The van der Waals surface area contributed by atoms with Crippen molar-refractivity contribution in [3.8, 4) is 10.6 Å². The predicted molar refractivity (Wildman–Crippen MR) is 93.8 cm³/mol. The summed E-state index contributed by atoms with van der Waals surface area (Å²) in [5.74, 6) is 0.0762. The Hall–Kier alpha value is -1.43. The number of rotatable bonds is 4. The molecule has 1 aliphatic heterocycles. The first kappa shape index (κ1) is 16.9. The first-order valence-electron chi connectivity index (χ1n) is 7.26. The maximum Gasteiger partial charge on any atom is 0.225 e. The van der Waals surface area contributed by atoms with Gasteiger partial charge in [-0.1, -0.05) is 0 Å². The molecule has 1 saturated heterocycles. The van der Waals surface area contributed by atoms with E-state index in [1.54, 1.807) is 11.3 Å². The van der Waals surface area contributed by atoms with Gasteiger partial charge in [-0.2, -0.15) is 0 Å². The average Bonchev–Trinajstić information content (AvgIpc) is 3.11. The number of carbonyl (C=O) groups excluding carboxylic acids is 1. The van der Waals surface area contributed by atoms with Crippen molar-refractivity contribution < 1.29 is 4.79 Å². The van der Waals surface area contributed by atoms with Crippen molar-refractivity contribution in [1.29, 1.82) is 0 Å². The van der Waals surface area contributed by atoms with E-state index in [2.05, 4.69) is 15.6 Å². The molecular weight excluding hydrogens is 318 g/mol. The van der Waals surface area contributed by atoms with Gasteiger partial charge < -0.3 is 10.6 Å². The Morgan fingerprint density at radius 2 is 2.18 bits per heavy atom. The standard InChI is InChI=1S/C16H19N3OS.ClH/c1-11-10-21-16(18-11)12-4-6-13(7-5-12)19-15(20)9-14-3-2-8-17-14;/h4-7,10,14,17H,2-3,8-9H2,1H3,(H,19,20);1H. The number of halogens is 1. The largest absolute Gasteiger partial charge is 0.326 e. The summed E-state index contributed by atoms with van der Waals surface area (Å²) in [5.41, 5.74) is 2.97. The average molecular weight is 338 g/mol. The normalized spacial score (nSPS) is 17.0. The van der Waals surface area contributed by atoms with Crippen LogP contribution in [0.5, 0.6) is 0 Å². The number of anilines is 1. The molecule has 3 rings (SSSR count). The molecule has 0 aliphatic carbocycles. The van der Waals surface area contributed by atoms with Crippen LogP contribution in [-0.4, -0.2) is 23.5 Å². The predicted octanol–water partition coefficient (Wildman–Crippen LogP) is 3.62. The van der Waals surface area contributed by atoms with Crippen molar-refractivity contribution in [2.75, 3.05) is 11.9 Å². The highest BCUT2D eigenvalue weighted by Gasteiger charge is 2.17. The first-order valence-corrected chi connectivity index (χ1v) is 8.14. The topological polar surface area (TPSA) is 54.0 Å². The number of nitrogens with one attached hydrogen (secondary N) is 2. The summed E-state index contributed by atoms with van der Waals surface area (Å²) in [4.78, 5) is 16.4. The van der Waals surface area contributed by atoms with Crippen LogP contribution in [0, 0.1) is 6.92 Å². The van der Waals surface area contributed by atoms with Crippen LogP contribution >= 0.6 is 23.7 Å². The number of carbonyl (C=O) groups is 1. The van der Waals surface area contributed by atoms with Crippen LogP contribution in [0.2, 0.25) is 0 Å². The number of thiazole rings is 1. The van der Waals surface area contributed by atoms with Crippen LogP contribution in [0.1, 0.15) is 25.0 Å². The van der Waals surface area contributed by atoms with E-state index in [1.807, 2.05) is 36.6 Å². The smallest absolute Gasteiger partial charge is 0.225 e. The molecule has 118 valence electrons. The summed E-state index contributed by atoms with van der Waals surface area (Å²) < 4.78 is 0. The third-order valence-corrected chi connectivity index (χ3v) is 4.64. The molecule has 2 heterocycles. The van der Waals surface area contributed by atoms with Gasteiger partial charge in [-0.3, -0.25) is 4.79 Å². The van der Waals surface area contributed by atoms with E-state index in [-0.39, 0.29) is 18.3 Å². The molecule has 6 heteroatoms. The van der Waals surface area contributed by atoms with Gasteiger partial charge in [-0.25, -0.2) is 4.98 Å². The highest BCUT2D eigenvalue weighted by Crippen LogP contribution is 2.24. The molecule has 0 bridgehead atoms. The number of amides is 1. The number of benzene rings is 1. The number of hydrogen-bond donors (Lipinski definition) is 2. The zero-order valence-corrected chi connectivity index (χ0v) is 14.1. The summed E-state index contributed by atoms with van der Waals surface area (Å²) in [6.07, 6.45) is 2.81. The van der Waals surface area contributed by atoms with Crippen molar-refractivity contribution >= 4 is 35.3 Å². The monoisotopic (exact) mass is 337 g/mol. The van der Waals surface area contributed by atoms with Crippen LogP contribution in [0.15, 0.2) is 29.6 Å². The quantitative estimate of drug-likeness (QED) is 0.895. The molecule has 1 aromatic heterocycles. The van der Waals surface area contributed by atoms with E-state index >= 15 is 0 Å². The van der Waals surface area contributed by atoms with Crippen LogP contribution < -0.4 is 10.6 Å². The Morgan fingerprint density at radius 1 is 1.41 bits per heavy atom. The van der Waals surface area contributed by atoms with E-state index in [0.717, 1.165) is 34.9 Å². The Balaban J connectivity index is 0.00000176.